The van der Waals surface area contributed by atoms with Gasteiger partial charge in [0, 0.05) is 30.1 Å². The maximum atomic E-state index is 12.7. The first-order chi connectivity index (χ1) is 15.2. The van der Waals surface area contributed by atoms with Crippen LogP contribution in [0.3, 0.4) is 0 Å². The number of fused-ring (bicyclic) bond motifs is 1. The van der Waals surface area contributed by atoms with Gasteiger partial charge < -0.3 is 5.32 Å². The Morgan fingerprint density at radius 2 is 1.77 bits per heavy atom. The van der Waals surface area contributed by atoms with Crippen molar-refractivity contribution >= 4 is 27.5 Å². The first kappa shape index (κ1) is 19.6. The third kappa shape index (κ3) is 4.11. The second-order valence-corrected chi connectivity index (χ2v) is 8.73. The predicted molar refractivity (Wildman–Crippen MR) is 120 cm³/mol. The monoisotopic (exact) mass is 431 g/mol. The van der Waals surface area contributed by atoms with Crippen molar-refractivity contribution in [1.82, 2.24) is 25.1 Å². The van der Waals surface area contributed by atoms with E-state index in [0.29, 0.717) is 5.01 Å². The number of amides is 1. The summed E-state index contributed by atoms with van der Waals surface area (Å²) in [4.78, 5) is 33.6. The van der Waals surface area contributed by atoms with Gasteiger partial charge in [0.1, 0.15) is 0 Å². The van der Waals surface area contributed by atoms with Crippen molar-refractivity contribution < 1.29 is 4.79 Å². The summed E-state index contributed by atoms with van der Waals surface area (Å²) in [5.74, 6) is -0.125. The molecule has 1 fully saturated rings. The fourth-order valence-electron chi connectivity index (χ4n) is 4.04. The molecule has 1 amide bonds. The van der Waals surface area contributed by atoms with Crippen LogP contribution < -0.4 is 10.9 Å². The van der Waals surface area contributed by atoms with E-state index in [1.165, 1.54) is 11.3 Å². The fraction of sp³-hybridized carbons (Fsp3) is 0.261. The Hall–Kier alpha value is -3.39. The van der Waals surface area contributed by atoms with E-state index in [-0.39, 0.29) is 23.6 Å². The van der Waals surface area contributed by atoms with Gasteiger partial charge in [-0.15, -0.1) is 11.3 Å². The summed E-state index contributed by atoms with van der Waals surface area (Å²) >= 11 is 1.41. The number of carbonyl (C=O) groups excluding carboxylic acids is 1. The molecule has 0 atom stereocenters. The molecule has 1 saturated carbocycles. The van der Waals surface area contributed by atoms with Gasteiger partial charge >= 0.3 is 0 Å². The number of nitrogens with one attached hydrogen (secondary N) is 1. The zero-order valence-corrected chi connectivity index (χ0v) is 17.6. The lowest BCUT2D eigenvalue weighted by Crippen LogP contribution is -2.39. The van der Waals surface area contributed by atoms with Crippen molar-refractivity contribution in [2.24, 2.45) is 0 Å². The molecule has 5 rings (SSSR count). The average Bonchev–Trinajstić information content (AvgIpc) is 3.25. The van der Waals surface area contributed by atoms with Crippen LogP contribution in [0.2, 0.25) is 0 Å². The van der Waals surface area contributed by atoms with Gasteiger partial charge in [-0.2, -0.15) is 5.10 Å². The lowest BCUT2D eigenvalue weighted by atomic mass is 9.91. The Balaban J connectivity index is 1.25. The van der Waals surface area contributed by atoms with Gasteiger partial charge in [0.05, 0.1) is 22.0 Å². The second-order valence-electron chi connectivity index (χ2n) is 7.70. The quantitative estimate of drug-likeness (QED) is 0.530. The summed E-state index contributed by atoms with van der Waals surface area (Å²) in [6.45, 7) is 0. The minimum Gasteiger partial charge on any atom is -0.347 e. The Kier molecular flexibility index (Phi) is 5.30. The van der Waals surface area contributed by atoms with E-state index in [9.17, 15) is 9.59 Å². The Labute approximate surface area is 182 Å². The summed E-state index contributed by atoms with van der Waals surface area (Å²) < 4.78 is 2.61. The van der Waals surface area contributed by atoms with Crippen molar-refractivity contribution in [3.05, 3.63) is 76.3 Å². The third-order valence-electron chi connectivity index (χ3n) is 5.67. The van der Waals surface area contributed by atoms with Crippen LogP contribution in [0, 0.1) is 0 Å². The van der Waals surface area contributed by atoms with Crippen molar-refractivity contribution in [3.63, 3.8) is 0 Å². The number of benzene rings is 1. The van der Waals surface area contributed by atoms with Crippen LogP contribution in [0.1, 0.15) is 41.5 Å². The van der Waals surface area contributed by atoms with Crippen LogP contribution in [0.15, 0.2) is 65.7 Å². The zero-order valence-electron chi connectivity index (χ0n) is 16.8. The fourth-order valence-corrected chi connectivity index (χ4v) is 4.91. The van der Waals surface area contributed by atoms with Crippen LogP contribution in [0.25, 0.3) is 21.5 Å². The molecule has 31 heavy (non-hydrogen) atoms. The van der Waals surface area contributed by atoms with Gasteiger partial charge in [0.25, 0.3) is 11.5 Å². The Bertz CT molecular complexity index is 1240. The van der Waals surface area contributed by atoms with Gasteiger partial charge in [-0.25, -0.2) is 9.67 Å². The number of carbonyl (C=O) groups is 1. The van der Waals surface area contributed by atoms with Gasteiger partial charge in [0.2, 0.25) is 0 Å². The molecule has 7 nitrogen and oxygen atoms in total. The molecule has 1 aliphatic carbocycles. The number of hydrogen-bond acceptors (Lipinski definition) is 6. The maximum absolute atomic E-state index is 12.7. The van der Waals surface area contributed by atoms with Crippen LogP contribution >= 0.6 is 11.3 Å². The summed E-state index contributed by atoms with van der Waals surface area (Å²) in [5.41, 5.74) is 2.44. The van der Waals surface area contributed by atoms with Crippen LogP contribution in [0.5, 0.6) is 0 Å². The minimum atomic E-state index is -0.125. The molecule has 0 spiro atoms. The summed E-state index contributed by atoms with van der Waals surface area (Å²) in [7, 11) is 0. The third-order valence-corrected chi connectivity index (χ3v) is 6.70. The molecular formula is C23H21N5O2S. The molecule has 0 unspecified atom stereocenters. The molecule has 1 aromatic carbocycles. The Morgan fingerprint density at radius 3 is 2.55 bits per heavy atom. The largest absolute Gasteiger partial charge is 0.347 e. The maximum Gasteiger partial charge on any atom is 0.280 e. The molecule has 0 bridgehead atoms. The van der Waals surface area contributed by atoms with Gasteiger partial charge in [-0.3, -0.25) is 14.6 Å². The lowest BCUT2D eigenvalue weighted by molar-refractivity contribution is 0.0921. The van der Waals surface area contributed by atoms with E-state index in [0.717, 1.165) is 47.2 Å². The SMILES string of the molecule is O=C(NC1CCC(n2nc(-c3ccncc3)ccc2=O)CC1)c1nc2ccccc2s1. The van der Waals surface area contributed by atoms with E-state index in [1.807, 2.05) is 36.4 Å². The normalized spacial score (nSPS) is 18.7. The molecule has 0 radical (unpaired) electrons. The molecule has 0 aliphatic heterocycles. The zero-order chi connectivity index (χ0) is 21.2. The Morgan fingerprint density at radius 1 is 1.00 bits per heavy atom. The molecule has 3 aromatic heterocycles. The molecule has 0 saturated heterocycles. The van der Waals surface area contributed by atoms with E-state index >= 15 is 0 Å². The van der Waals surface area contributed by atoms with Crippen LogP contribution in [-0.4, -0.2) is 31.7 Å². The lowest BCUT2D eigenvalue weighted by Gasteiger charge is -2.29. The minimum absolute atomic E-state index is 0.0323. The van der Waals surface area contributed by atoms with E-state index in [4.69, 9.17) is 0 Å². The molecule has 3 heterocycles. The van der Waals surface area contributed by atoms with E-state index < -0.39 is 0 Å². The highest BCUT2D eigenvalue weighted by molar-refractivity contribution is 7.20. The number of nitrogens with zero attached hydrogens (tertiary/aromatic N) is 4. The first-order valence-corrected chi connectivity index (χ1v) is 11.2. The standard InChI is InChI=1S/C23H21N5O2S/c29-21-10-9-18(15-11-13-24-14-12-15)27-28(21)17-7-5-16(6-8-17)25-22(30)23-26-19-3-1-2-4-20(19)31-23/h1-4,9-14,16-17H,5-8H2,(H,25,30). The van der Waals surface area contributed by atoms with Crippen molar-refractivity contribution in [2.45, 2.75) is 37.8 Å². The van der Waals surface area contributed by atoms with E-state index in [1.54, 1.807) is 29.2 Å². The summed E-state index contributed by atoms with van der Waals surface area (Å²) in [6, 6.07) is 14.9. The predicted octanol–water partition coefficient (Wildman–Crippen LogP) is 3.83. The second kappa shape index (κ2) is 8.39. The topological polar surface area (TPSA) is 89.8 Å². The highest BCUT2D eigenvalue weighted by Crippen LogP contribution is 2.28. The highest BCUT2D eigenvalue weighted by Gasteiger charge is 2.26. The van der Waals surface area contributed by atoms with Crippen LogP contribution in [0.4, 0.5) is 0 Å². The first-order valence-electron chi connectivity index (χ1n) is 10.3. The molecular weight excluding hydrogens is 410 g/mol. The number of hydrogen-bond donors (Lipinski definition) is 1. The summed E-state index contributed by atoms with van der Waals surface area (Å²) in [6.07, 6.45) is 6.61. The molecule has 1 aliphatic rings. The number of aromatic nitrogens is 4. The number of rotatable bonds is 4. The summed E-state index contributed by atoms with van der Waals surface area (Å²) in [5, 5.41) is 8.21. The highest BCUT2D eigenvalue weighted by atomic mass is 32.1. The smallest absolute Gasteiger partial charge is 0.280 e. The molecule has 8 heteroatoms. The number of pyridine rings is 1. The van der Waals surface area contributed by atoms with Crippen LogP contribution in [-0.2, 0) is 0 Å². The van der Waals surface area contributed by atoms with Crippen molar-refractivity contribution in [2.75, 3.05) is 0 Å². The van der Waals surface area contributed by atoms with Gasteiger partial charge in [-0.05, 0) is 56.0 Å². The average molecular weight is 432 g/mol. The number of thiazole rings is 1. The molecule has 156 valence electrons. The molecule has 1 N–H and O–H groups in total. The van der Waals surface area contributed by atoms with Crippen molar-refractivity contribution in [3.8, 4) is 11.3 Å². The van der Waals surface area contributed by atoms with Crippen molar-refractivity contribution in [1.29, 1.82) is 0 Å². The molecule has 4 aromatic rings. The van der Waals surface area contributed by atoms with Gasteiger partial charge in [-0.1, -0.05) is 12.1 Å². The van der Waals surface area contributed by atoms with E-state index in [2.05, 4.69) is 20.4 Å². The van der Waals surface area contributed by atoms with Gasteiger partial charge in [0.15, 0.2) is 5.01 Å². The number of para-hydroxylation sites is 1.